The summed E-state index contributed by atoms with van der Waals surface area (Å²) >= 11 is 0. The third-order valence-electron chi connectivity index (χ3n) is 5.67. The van der Waals surface area contributed by atoms with Crippen molar-refractivity contribution in [3.05, 3.63) is 84.2 Å². The van der Waals surface area contributed by atoms with E-state index in [9.17, 15) is 22.0 Å². The highest BCUT2D eigenvalue weighted by Gasteiger charge is 2.29. The summed E-state index contributed by atoms with van der Waals surface area (Å²) in [4.78, 5) is 18.2. The molecule has 3 heterocycles. The number of halogens is 2. The molecule has 2 aromatic carbocycles. The minimum absolute atomic E-state index is 0.0233. The second-order valence-electron chi connectivity index (χ2n) is 8.06. The van der Waals surface area contributed by atoms with Crippen molar-refractivity contribution in [3.8, 4) is 0 Å². The Morgan fingerprint density at radius 2 is 1.91 bits per heavy atom. The van der Waals surface area contributed by atoms with Crippen LogP contribution in [0.1, 0.15) is 16.8 Å². The summed E-state index contributed by atoms with van der Waals surface area (Å²) in [6.07, 6.45) is 4.05. The molecule has 1 aliphatic heterocycles. The Labute approximate surface area is 199 Å². The van der Waals surface area contributed by atoms with Crippen LogP contribution in [0.2, 0.25) is 0 Å². The van der Waals surface area contributed by atoms with Crippen molar-refractivity contribution in [2.24, 2.45) is 0 Å². The number of imidazole rings is 1. The first-order valence-corrected chi connectivity index (χ1v) is 12.2. The maximum atomic E-state index is 14.1. The molecule has 9 nitrogen and oxygen atoms in total. The normalized spacial score (nSPS) is 15.9. The van der Waals surface area contributed by atoms with Crippen molar-refractivity contribution in [2.45, 2.75) is 17.4 Å². The van der Waals surface area contributed by atoms with E-state index in [1.807, 2.05) is 12.1 Å². The molecule has 0 spiro atoms. The lowest BCUT2D eigenvalue weighted by molar-refractivity contribution is 0.0792. The second-order valence-corrected chi connectivity index (χ2v) is 9.71. The lowest BCUT2D eigenvalue weighted by Gasteiger charge is -2.20. The van der Waals surface area contributed by atoms with Crippen molar-refractivity contribution in [2.75, 3.05) is 23.1 Å². The Balaban J connectivity index is 1.32. The predicted octanol–water partition coefficient (Wildman–Crippen LogP) is 3.13. The Morgan fingerprint density at radius 1 is 1.09 bits per heavy atom. The molecule has 35 heavy (non-hydrogen) atoms. The SMILES string of the molecule is O=C(c1ccccc1NS(=O)(=O)c1cc(F)ccc1F)N1CCC(Nc2ccc3nccn3n2)C1. The maximum Gasteiger partial charge on any atom is 0.264 e. The molecule has 2 aromatic heterocycles. The molecular weight excluding hydrogens is 478 g/mol. The number of nitrogens with zero attached hydrogens (tertiary/aromatic N) is 4. The number of benzene rings is 2. The fourth-order valence-corrected chi connectivity index (χ4v) is 5.15. The van der Waals surface area contributed by atoms with Crippen LogP contribution in [-0.4, -0.2) is 53.0 Å². The number of anilines is 2. The maximum absolute atomic E-state index is 14.1. The minimum atomic E-state index is -4.47. The third kappa shape index (κ3) is 4.64. The summed E-state index contributed by atoms with van der Waals surface area (Å²) in [6, 6.07) is 11.8. The van der Waals surface area contributed by atoms with Gasteiger partial charge in [0, 0.05) is 31.5 Å². The molecule has 1 fully saturated rings. The number of amides is 1. The largest absolute Gasteiger partial charge is 0.364 e. The quantitative estimate of drug-likeness (QED) is 0.423. The number of carbonyl (C=O) groups is 1. The van der Waals surface area contributed by atoms with Gasteiger partial charge in [0.05, 0.1) is 11.3 Å². The lowest BCUT2D eigenvalue weighted by atomic mass is 10.1. The highest BCUT2D eigenvalue weighted by atomic mass is 32.2. The van der Waals surface area contributed by atoms with Crippen molar-refractivity contribution in [3.63, 3.8) is 0 Å². The number of fused-ring (bicyclic) bond motifs is 1. The number of aromatic nitrogens is 3. The first-order chi connectivity index (χ1) is 16.8. The molecule has 1 atom stereocenters. The zero-order valence-corrected chi connectivity index (χ0v) is 19.0. The number of carbonyl (C=O) groups excluding carboxylic acids is 1. The van der Waals surface area contributed by atoms with Gasteiger partial charge in [-0.2, -0.15) is 0 Å². The average Bonchev–Trinajstić information content (AvgIpc) is 3.49. The zero-order chi connectivity index (χ0) is 24.6. The highest BCUT2D eigenvalue weighted by molar-refractivity contribution is 7.92. The average molecular weight is 499 g/mol. The zero-order valence-electron chi connectivity index (χ0n) is 18.2. The molecule has 4 aromatic rings. The van der Waals surface area contributed by atoms with Gasteiger partial charge < -0.3 is 10.2 Å². The molecule has 1 amide bonds. The predicted molar refractivity (Wildman–Crippen MR) is 125 cm³/mol. The van der Waals surface area contributed by atoms with E-state index in [1.54, 1.807) is 33.9 Å². The van der Waals surface area contributed by atoms with Gasteiger partial charge in [0.2, 0.25) is 0 Å². The number of para-hydroxylation sites is 1. The van der Waals surface area contributed by atoms with Crippen LogP contribution in [0, 0.1) is 11.6 Å². The number of likely N-dealkylation sites (tertiary alicyclic amines) is 1. The monoisotopic (exact) mass is 498 g/mol. The van der Waals surface area contributed by atoms with Crippen LogP contribution in [0.15, 0.2) is 71.9 Å². The lowest BCUT2D eigenvalue weighted by Crippen LogP contribution is -2.32. The van der Waals surface area contributed by atoms with Crippen molar-refractivity contribution in [1.29, 1.82) is 0 Å². The van der Waals surface area contributed by atoms with Gasteiger partial charge >= 0.3 is 0 Å². The topological polar surface area (TPSA) is 109 Å². The van der Waals surface area contributed by atoms with Crippen molar-refractivity contribution in [1.82, 2.24) is 19.5 Å². The van der Waals surface area contributed by atoms with Gasteiger partial charge in [0.25, 0.3) is 15.9 Å². The van der Waals surface area contributed by atoms with Crippen LogP contribution in [0.4, 0.5) is 20.3 Å². The molecule has 0 radical (unpaired) electrons. The van der Waals surface area contributed by atoms with Gasteiger partial charge in [0.1, 0.15) is 22.3 Å². The standard InChI is InChI=1S/C23H20F2N6O3S/c24-15-5-6-18(25)20(13-15)35(33,34)29-19-4-2-1-3-17(19)23(32)30-11-9-16(14-30)27-21-7-8-22-26-10-12-31(22)28-21/h1-8,10,12-13,16,29H,9,11,14H2,(H,27,28). The molecule has 180 valence electrons. The summed E-state index contributed by atoms with van der Waals surface area (Å²) in [6.45, 7) is 0.825. The van der Waals surface area contributed by atoms with Crippen LogP contribution in [-0.2, 0) is 10.0 Å². The first kappa shape index (κ1) is 22.7. The van der Waals surface area contributed by atoms with E-state index in [1.165, 1.54) is 12.1 Å². The van der Waals surface area contributed by atoms with Crippen LogP contribution in [0.5, 0.6) is 0 Å². The van der Waals surface area contributed by atoms with Gasteiger partial charge in [0.15, 0.2) is 5.65 Å². The second kappa shape index (κ2) is 8.95. The third-order valence-corrected chi connectivity index (χ3v) is 7.05. The van der Waals surface area contributed by atoms with E-state index in [2.05, 4.69) is 20.1 Å². The Bertz CT molecular complexity index is 1520. The van der Waals surface area contributed by atoms with Crippen molar-refractivity contribution >= 4 is 33.1 Å². The van der Waals surface area contributed by atoms with Gasteiger partial charge in [-0.3, -0.25) is 9.52 Å². The molecule has 0 aliphatic carbocycles. The van der Waals surface area contributed by atoms with Crippen LogP contribution < -0.4 is 10.0 Å². The van der Waals surface area contributed by atoms with E-state index < -0.39 is 26.6 Å². The van der Waals surface area contributed by atoms with Crippen LogP contribution >= 0.6 is 0 Å². The molecular formula is C23H20F2N6O3S. The Morgan fingerprint density at radius 3 is 2.77 bits per heavy atom. The van der Waals surface area contributed by atoms with Crippen molar-refractivity contribution < 1.29 is 22.0 Å². The van der Waals surface area contributed by atoms with E-state index in [0.717, 1.165) is 17.8 Å². The molecule has 0 saturated carbocycles. The molecule has 2 N–H and O–H groups in total. The van der Waals surface area contributed by atoms with E-state index in [0.29, 0.717) is 31.4 Å². The van der Waals surface area contributed by atoms with Gasteiger partial charge in [-0.15, -0.1) is 5.10 Å². The molecule has 5 rings (SSSR count). The van der Waals surface area contributed by atoms with Gasteiger partial charge in [-0.1, -0.05) is 12.1 Å². The summed E-state index contributed by atoms with van der Waals surface area (Å²) in [5.41, 5.74) is 0.798. The molecule has 1 saturated heterocycles. The summed E-state index contributed by atoms with van der Waals surface area (Å²) in [7, 11) is -4.47. The number of sulfonamides is 1. The molecule has 1 aliphatic rings. The fourth-order valence-electron chi connectivity index (χ4n) is 3.98. The smallest absolute Gasteiger partial charge is 0.264 e. The summed E-state index contributed by atoms with van der Waals surface area (Å²) < 4.78 is 57.0. The van der Waals surface area contributed by atoms with Gasteiger partial charge in [-0.25, -0.2) is 26.7 Å². The van der Waals surface area contributed by atoms with E-state index in [4.69, 9.17) is 0 Å². The number of hydrogen-bond donors (Lipinski definition) is 2. The molecule has 0 bridgehead atoms. The summed E-state index contributed by atoms with van der Waals surface area (Å²) in [5, 5.41) is 7.73. The molecule has 1 unspecified atom stereocenters. The Hall–Kier alpha value is -4.06. The number of hydrogen-bond acceptors (Lipinski definition) is 6. The summed E-state index contributed by atoms with van der Waals surface area (Å²) in [5.74, 6) is -1.74. The van der Waals surface area contributed by atoms with Crippen LogP contribution in [0.25, 0.3) is 5.65 Å². The Kier molecular flexibility index (Phi) is 5.81. The first-order valence-electron chi connectivity index (χ1n) is 10.7. The fraction of sp³-hybridized carbons (Fsp3) is 0.174. The highest BCUT2D eigenvalue weighted by Crippen LogP contribution is 2.25. The number of rotatable bonds is 6. The van der Waals surface area contributed by atoms with E-state index >= 15 is 0 Å². The van der Waals surface area contributed by atoms with E-state index in [-0.39, 0.29) is 23.2 Å². The van der Waals surface area contributed by atoms with Gasteiger partial charge in [-0.05, 0) is 48.9 Å². The molecule has 12 heteroatoms. The number of nitrogens with one attached hydrogen (secondary N) is 2. The van der Waals surface area contributed by atoms with Crippen LogP contribution in [0.3, 0.4) is 0 Å². The minimum Gasteiger partial charge on any atom is -0.364 e.